The quantitative estimate of drug-likeness (QED) is 0.476. The molecule has 0 radical (unpaired) electrons. The number of amides is 2. The molecule has 0 spiro atoms. The summed E-state index contributed by atoms with van der Waals surface area (Å²) < 4.78 is 26.5. The summed E-state index contributed by atoms with van der Waals surface area (Å²) in [5.41, 5.74) is 1.63. The minimum absolute atomic E-state index is 0.0644. The summed E-state index contributed by atoms with van der Waals surface area (Å²) in [5.74, 6) is -0.781. The number of carbonyl (C=O) groups is 2. The van der Waals surface area contributed by atoms with Crippen molar-refractivity contribution in [3.8, 4) is 0 Å². The summed E-state index contributed by atoms with van der Waals surface area (Å²) in [6.07, 6.45) is 6.15. The van der Waals surface area contributed by atoms with Crippen LogP contribution < -0.4 is 9.62 Å². The summed E-state index contributed by atoms with van der Waals surface area (Å²) in [7, 11) is -3.82. The van der Waals surface area contributed by atoms with E-state index in [1.165, 1.54) is 4.90 Å². The van der Waals surface area contributed by atoms with Gasteiger partial charge >= 0.3 is 0 Å². The number of hydrogen-bond acceptors (Lipinski definition) is 4. The van der Waals surface area contributed by atoms with Crippen molar-refractivity contribution in [1.29, 1.82) is 0 Å². The van der Waals surface area contributed by atoms with E-state index in [9.17, 15) is 18.0 Å². The fraction of sp³-hybridized carbons (Fsp3) is 0.462. The van der Waals surface area contributed by atoms with Gasteiger partial charge in [0.05, 0.1) is 11.9 Å². The van der Waals surface area contributed by atoms with Gasteiger partial charge in [-0.15, -0.1) is 0 Å². The number of hydrogen-bond donors (Lipinski definition) is 1. The highest BCUT2D eigenvalue weighted by Crippen LogP contribution is 2.27. The zero-order chi connectivity index (χ0) is 26.5. The van der Waals surface area contributed by atoms with Crippen molar-refractivity contribution >= 4 is 50.7 Å². The first-order valence-electron chi connectivity index (χ1n) is 12.0. The molecule has 1 fully saturated rings. The summed E-state index contributed by atoms with van der Waals surface area (Å²) in [4.78, 5) is 28.3. The molecule has 1 saturated carbocycles. The van der Waals surface area contributed by atoms with Gasteiger partial charge in [-0.3, -0.25) is 13.9 Å². The molecular weight excluding hydrogens is 521 g/mol. The van der Waals surface area contributed by atoms with Crippen LogP contribution in [0.25, 0.3) is 0 Å². The summed E-state index contributed by atoms with van der Waals surface area (Å²) >= 11 is 12.4. The lowest BCUT2D eigenvalue weighted by atomic mass is 9.95. The van der Waals surface area contributed by atoms with E-state index >= 15 is 0 Å². The second kappa shape index (κ2) is 12.3. The fourth-order valence-corrected chi connectivity index (χ4v) is 5.78. The van der Waals surface area contributed by atoms with E-state index in [0.717, 1.165) is 42.7 Å². The molecule has 1 atom stereocenters. The van der Waals surface area contributed by atoms with Crippen LogP contribution >= 0.6 is 23.2 Å². The Morgan fingerprint density at radius 3 is 2.36 bits per heavy atom. The van der Waals surface area contributed by atoms with Gasteiger partial charge < -0.3 is 10.2 Å². The Bertz CT molecular complexity index is 1200. The maximum Gasteiger partial charge on any atom is 0.244 e. The Hall–Kier alpha value is -2.29. The predicted octanol–water partition coefficient (Wildman–Crippen LogP) is 4.93. The number of anilines is 1. The van der Waals surface area contributed by atoms with Gasteiger partial charge in [0.2, 0.25) is 21.8 Å². The van der Waals surface area contributed by atoms with Crippen LogP contribution in [0.4, 0.5) is 5.69 Å². The highest BCUT2D eigenvalue weighted by Gasteiger charge is 2.32. The molecule has 1 aliphatic rings. The van der Waals surface area contributed by atoms with Gasteiger partial charge in [0.15, 0.2) is 0 Å². The van der Waals surface area contributed by atoms with Crippen LogP contribution in [0.3, 0.4) is 0 Å². The monoisotopic (exact) mass is 553 g/mol. The van der Waals surface area contributed by atoms with Gasteiger partial charge in [-0.2, -0.15) is 0 Å². The molecule has 2 aromatic carbocycles. The Labute approximate surface area is 223 Å². The third-order valence-corrected chi connectivity index (χ3v) is 8.25. The molecule has 36 heavy (non-hydrogen) atoms. The zero-order valence-corrected chi connectivity index (χ0v) is 23.2. The topological polar surface area (TPSA) is 86.8 Å². The Morgan fingerprint density at radius 1 is 1.08 bits per heavy atom. The lowest BCUT2D eigenvalue weighted by molar-refractivity contribution is -0.139. The van der Waals surface area contributed by atoms with Crippen LogP contribution in [0.15, 0.2) is 42.5 Å². The van der Waals surface area contributed by atoms with Gasteiger partial charge in [-0.1, -0.05) is 60.7 Å². The van der Waals surface area contributed by atoms with Crippen molar-refractivity contribution in [2.45, 2.75) is 64.6 Å². The van der Waals surface area contributed by atoms with E-state index in [4.69, 9.17) is 23.2 Å². The third-order valence-electron chi connectivity index (χ3n) is 6.52. The van der Waals surface area contributed by atoms with Crippen LogP contribution in [0.2, 0.25) is 10.0 Å². The van der Waals surface area contributed by atoms with Crippen molar-refractivity contribution < 1.29 is 18.0 Å². The smallest absolute Gasteiger partial charge is 0.244 e. The van der Waals surface area contributed by atoms with E-state index in [0.29, 0.717) is 26.9 Å². The molecule has 2 aromatic rings. The Kier molecular flexibility index (Phi) is 9.66. The molecular formula is C26H33Cl2N3O4S. The molecule has 0 aromatic heterocycles. The predicted molar refractivity (Wildman–Crippen MR) is 145 cm³/mol. The first-order chi connectivity index (χ1) is 17.0. The van der Waals surface area contributed by atoms with Gasteiger partial charge in [0, 0.05) is 22.6 Å². The molecule has 1 unspecified atom stereocenters. The highest BCUT2D eigenvalue weighted by molar-refractivity contribution is 7.92. The molecule has 1 aliphatic carbocycles. The fourth-order valence-electron chi connectivity index (χ4n) is 4.45. The standard InChI is InChI=1S/C26H33Cl2N3O4S/c1-18-15-21(27)13-14-24(18)31(36(3,34)35)17-25(32)30(16-20-9-7-8-12-23(20)28)19(2)26(33)29-22-10-5-4-6-11-22/h7-9,12-15,19,22H,4-6,10-11,16-17H2,1-3H3,(H,29,33). The molecule has 3 rings (SSSR count). The number of rotatable bonds is 9. The second-order valence-electron chi connectivity index (χ2n) is 9.33. The molecule has 1 N–H and O–H groups in total. The van der Waals surface area contributed by atoms with Crippen LogP contribution in [0, 0.1) is 6.92 Å². The molecule has 0 bridgehead atoms. The molecule has 0 saturated heterocycles. The van der Waals surface area contributed by atoms with E-state index in [2.05, 4.69) is 5.32 Å². The number of sulfonamides is 1. The van der Waals surface area contributed by atoms with Crippen molar-refractivity contribution in [1.82, 2.24) is 10.2 Å². The summed E-state index contributed by atoms with van der Waals surface area (Å²) in [5, 5.41) is 4.00. The van der Waals surface area contributed by atoms with Crippen LogP contribution in [-0.4, -0.2) is 50.0 Å². The first kappa shape index (κ1) is 28.3. The second-order valence-corrected chi connectivity index (χ2v) is 12.1. The number of carbonyl (C=O) groups excluding carboxylic acids is 2. The normalized spacial score (nSPS) is 15.2. The van der Waals surface area contributed by atoms with Crippen molar-refractivity contribution in [3.05, 3.63) is 63.6 Å². The molecule has 7 nitrogen and oxygen atoms in total. The van der Waals surface area contributed by atoms with E-state index in [1.807, 2.05) is 0 Å². The zero-order valence-electron chi connectivity index (χ0n) is 20.8. The maximum atomic E-state index is 13.7. The molecule has 2 amide bonds. The Balaban J connectivity index is 1.90. The average molecular weight is 555 g/mol. The number of nitrogens with zero attached hydrogens (tertiary/aromatic N) is 2. The van der Waals surface area contributed by atoms with E-state index < -0.39 is 28.5 Å². The molecule has 0 heterocycles. The van der Waals surface area contributed by atoms with Crippen molar-refractivity contribution in [2.75, 3.05) is 17.1 Å². The van der Waals surface area contributed by atoms with Crippen LogP contribution in [-0.2, 0) is 26.2 Å². The maximum absolute atomic E-state index is 13.7. The van der Waals surface area contributed by atoms with E-state index in [1.54, 1.807) is 56.3 Å². The van der Waals surface area contributed by atoms with Gasteiger partial charge in [0.1, 0.15) is 12.6 Å². The van der Waals surface area contributed by atoms with Crippen LogP contribution in [0.1, 0.15) is 50.2 Å². The number of aryl methyl sites for hydroxylation is 1. The average Bonchev–Trinajstić information content (AvgIpc) is 2.82. The first-order valence-corrected chi connectivity index (χ1v) is 14.6. The summed E-state index contributed by atoms with van der Waals surface area (Å²) in [6.45, 7) is 2.98. The van der Waals surface area contributed by atoms with Crippen molar-refractivity contribution in [2.24, 2.45) is 0 Å². The van der Waals surface area contributed by atoms with E-state index in [-0.39, 0.29) is 18.5 Å². The SMILES string of the molecule is Cc1cc(Cl)ccc1N(CC(=O)N(Cc1ccccc1Cl)C(C)C(=O)NC1CCCCC1)S(C)(=O)=O. The minimum atomic E-state index is -3.82. The number of benzene rings is 2. The number of halogens is 2. The minimum Gasteiger partial charge on any atom is -0.352 e. The third kappa shape index (κ3) is 7.37. The van der Waals surface area contributed by atoms with Gasteiger partial charge in [0.25, 0.3) is 0 Å². The number of nitrogens with one attached hydrogen (secondary N) is 1. The van der Waals surface area contributed by atoms with Crippen molar-refractivity contribution in [3.63, 3.8) is 0 Å². The molecule has 196 valence electrons. The van der Waals surface area contributed by atoms with Gasteiger partial charge in [-0.05, 0) is 62.1 Å². The largest absolute Gasteiger partial charge is 0.352 e. The Morgan fingerprint density at radius 2 is 1.75 bits per heavy atom. The lowest BCUT2D eigenvalue weighted by Crippen LogP contribution is -2.53. The highest BCUT2D eigenvalue weighted by atomic mass is 35.5. The molecule has 0 aliphatic heterocycles. The summed E-state index contributed by atoms with van der Waals surface area (Å²) in [6, 6.07) is 11.1. The lowest BCUT2D eigenvalue weighted by Gasteiger charge is -2.33. The van der Waals surface area contributed by atoms with Crippen LogP contribution in [0.5, 0.6) is 0 Å². The molecule has 10 heteroatoms. The van der Waals surface area contributed by atoms with Gasteiger partial charge in [-0.25, -0.2) is 8.42 Å².